The van der Waals surface area contributed by atoms with Crippen molar-refractivity contribution in [1.82, 2.24) is 20.0 Å². The van der Waals surface area contributed by atoms with Gasteiger partial charge >= 0.3 is 0 Å². The fourth-order valence-electron chi connectivity index (χ4n) is 5.88. The van der Waals surface area contributed by atoms with E-state index in [0.717, 1.165) is 11.1 Å². The second-order valence-electron chi connectivity index (χ2n) is 11.2. The average Bonchev–Trinajstić information content (AvgIpc) is 3.69. The van der Waals surface area contributed by atoms with Crippen molar-refractivity contribution in [3.8, 4) is 5.75 Å². The number of nitrogens with zero attached hydrogens (tertiary/aromatic N) is 3. The Bertz CT molecular complexity index is 1320. The van der Waals surface area contributed by atoms with Gasteiger partial charge in [-0.25, -0.2) is 0 Å². The minimum absolute atomic E-state index is 0.114. The summed E-state index contributed by atoms with van der Waals surface area (Å²) in [7, 11) is 1.56. The summed E-state index contributed by atoms with van der Waals surface area (Å²) in [5.74, 6) is -2.14. The number of likely N-dealkylation sites (N-methyl/N-ethyl adjacent to an activating group) is 1. The standard InChI is InChI=1S/C31H40N6O6/c1-35(30(42)25-10-6-16-37(25)29(41)23(32)17-21-11-13-22(38)14-12-21)26(18-20-7-3-2-4-8-20)31(43)36-15-5-9-24(36)28(40)34-19-27(33)39/h2-4,7-8,11-14,23-26,38H,5-6,9-10,15-19,32H2,1H3,(H2,33,39)(H,34,40)/t23-,24+,25-,26-/m0/s1. The quantitative estimate of drug-likeness (QED) is 0.282. The predicted octanol–water partition coefficient (Wildman–Crippen LogP) is -0.0848. The van der Waals surface area contributed by atoms with Crippen LogP contribution >= 0.6 is 0 Å². The van der Waals surface area contributed by atoms with Gasteiger partial charge in [-0.3, -0.25) is 24.0 Å². The fraction of sp³-hybridized carbons (Fsp3) is 0.452. The second-order valence-corrected chi connectivity index (χ2v) is 11.2. The highest BCUT2D eigenvalue weighted by atomic mass is 16.3. The fourth-order valence-corrected chi connectivity index (χ4v) is 5.88. The third kappa shape index (κ3) is 7.69. The molecule has 4 atom stereocenters. The van der Waals surface area contributed by atoms with Gasteiger partial charge in [0.05, 0.1) is 12.6 Å². The summed E-state index contributed by atoms with van der Waals surface area (Å²) < 4.78 is 0. The Kier molecular flexibility index (Phi) is 10.4. The van der Waals surface area contributed by atoms with Gasteiger partial charge in [0.2, 0.25) is 29.5 Å². The number of hydrogen-bond acceptors (Lipinski definition) is 7. The van der Waals surface area contributed by atoms with Gasteiger partial charge in [0, 0.05) is 26.6 Å². The number of hydrogen-bond donors (Lipinski definition) is 4. The number of phenols is 1. The Labute approximate surface area is 251 Å². The first-order valence-electron chi connectivity index (χ1n) is 14.6. The van der Waals surface area contributed by atoms with E-state index in [1.54, 1.807) is 19.2 Å². The van der Waals surface area contributed by atoms with E-state index in [1.807, 2.05) is 30.3 Å². The smallest absolute Gasteiger partial charge is 0.246 e. The molecule has 0 bridgehead atoms. The second kappa shape index (κ2) is 14.1. The molecule has 2 aliphatic rings. The van der Waals surface area contributed by atoms with E-state index in [1.165, 1.54) is 26.8 Å². The van der Waals surface area contributed by atoms with Gasteiger partial charge in [-0.1, -0.05) is 42.5 Å². The molecule has 2 aromatic carbocycles. The molecule has 0 radical (unpaired) electrons. The number of primary amides is 1. The molecule has 12 heteroatoms. The lowest BCUT2D eigenvalue weighted by molar-refractivity contribution is -0.151. The molecule has 5 amide bonds. The third-order valence-electron chi connectivity index (χ3n) is 8.18. The van der Waals surface area contributed by atoms with Gasteiger partial charge in [0.1, 0.15) is 23.9 Å². The van der Waals surface area contributed by atoms with E-state index in [0.29, 0.717) is 38.8 Å². The molecular formula is C31H40N6O6. The lowest BCUT2D eigenvalue weighted by atomic mass is 10.0. The van der Waals surface area contributed by atoms with Gasteiger partial charge in [-0.2, -0.15) is 0 Å². The molecule has 6 N–H and O–H groups in total. The molecule has 12 nitrogen and oxygen atoms in total. The topological polar surface area (TPSA) is 179 Å². The zero-order valence-corrected chi connectivity index (χ0v) is 24.4. The molecule has 2 heterocycles. The van der Waals surface area contributed by atoms with Gasteiger partial charge in [0.25, 0.3) is 0 Å². The number of nitrogens with two attached hydrogens (primary N) is 2. The summed E-state index contributed by atoms with van der Waals surface area (Å²) in [5, 5.41) is 12.0. The number of aromatic hydroxyl groups is 1. The van der Waals surface area contributed by atoms with Crippen LogP contribution in [-0.4, -0.2) is 100 Å². The first-order valence-corrected chi connectivity index (χ1v) is 14.6. The summed E-state index contributed by atoms with van der Waals surface area (Å²) in [5.41, 5.74) is 13.1. The third-order valence-corrected chi connectivity index (χ3v) is 8.18. The summed E-state index contributed by atoms with van der Waals surface area (Å²) in [6.45, 7) is 0.377. The first-order chi connectivity index (χ1) is 20.6. The lowest BCUT2D eigenvalue weighted by Crippen LogP contribution is -2.58. The van der Waals surface area contributed by atoms with E-state index < -0.39 is 36.0 Å². The first kappa shape index (κ1) is 31.5. The highest BCUT2D eigenvalue weighted by Crippen LogP contribution is 2.25. The van der Waals surface area contributed by atoms with Crippen molar-refractivity contribution in [3.63, 3.8) is 0 Å². The molecular weight excluding hydrogens is 552 g/mol. The Balaban J connectivity index is 1.52. The van der Waals surface area contributed by atoms with Crippen LogP contribution in [0.5, 0.6) is 5.75 Å². The molecule has 2 fully saturated rings. The Hall–Kier alpha value is -4.45. The van der Waals surface area contributed by atoms with Crippen LogP contribution in [0.1, 0.15) is 36.8 Å². The van der Waals surface area contributed by atoms with Crippen LogP contribution in [0.3, 0.4) is 0 Å². The van der Waals surface area contributed by atoms with E-state index in [9.17, 15) is 29.1 Å². The Morgan fingerprint density at radius 3 is 2.09 bits per heavy atom. The van der Waals surface area contributed by atoms with Gasteiger partial charge in [0.15, 0.2) is 0 Å². The number of phenolic OH excluding ortho intramolecular Hbond substituents is 1. The van der Waals surface area contributed by atoms with Crippen molar-refractivity contribution in [2.45, 2.75) is 62.7 Å². The zero-order chi connectivity index (χ0) is 31.1. The summed E-state index contributed by atoms with van der Waals surface area (Å²) in [4.78, 5) is 69.8. The summed E-state index contributed by atoms with van der Waals surface area (Å²) in [6.07, 6.45) is 2.54. The molecule has 43 heavy (non-hydrogen) atoms. The van der Waals surface area contributed by atoms with Crippen molar-refractivity contribution >= 4 is 29.5 Å². The molecule has 0 spiro atoms. The van der Waals surface area contributed by atoms with Crippen molar-refractivity contribution in [1.29, 1.82) is 0 Å². The minimum atomic E-state index is -0.928. The predicted molar refractivity (Wildman–Crippen MR) is 158 cm³/mol. The van der Waals surface area contributed by atoms with Crippen molar-refractivity contribution in [3.05, 3.63) is 65.7 Å². The molecule has 4 rings (SSSR count). The highest BCUT2D eigenvalue weighted by Gasteiger charge is 2.43. The SMILES string of the molecule is CN(C(=O)[C@@H]1CCCN1C(=O)[C@@H](N)Cc1ccc(O)cc1)[C@@H](Cc1ccccc1)C(=O)N1CCC[C@@H]1C(=O)NCC(N)=O. The number of carbonyl (C=O) groups is 5. The number of amides is 5. The van der Waals surface area contributed by atoms with Gasteiger partial charge < -0.3 is 36.6 Å². The van der Waals surface area contributed by atoms with Crippen molar-refractivity contribution in [2.24, 2.45) is 11.5 Å². The van der Waals surface area contributed by atoms with E-state index in [2.05, 4.69) is 5.32 Å². The Morgan fingerprint density at radius 2 is 1.47 bits per heavy atom. The largest absolute Gasteiger partial charge is 0.508 e. The van der Waals surface area contributed by atoms with Crippen LogP contribution < -0.4 is 16.8 Å². The molecule has 0 aliphatic carbocycles. The van der Waals surface area contributed by atoms with E-state index >= 15 is 0 Å². The number of carbonyl (C=O) groups excluding carboxylic acids is 5. The minimum Gasteiger partial charge on any atom is -0.508 e. The van der Waals surface area contributed by atoms with Crippen LogP contribution in [-0.2, 0) is 36.8 Å². The van der Waals surface area contributed by atoms with Gasteiger partial charge in [-0.15, -0.1) is 0 Å². The lowest BCUT2D eigenvalue weighted by Gasteiger charge is -2.36. The summed E-state index contributed by atoms with van der Waals surface area (Å²) in [6, 6.07) is 12.4. The summed E-state index contributed by atoms with van der Waals surface area (Å²) >= 11 is 0. The highest BCUT2D eigenvalue weighted by molar-refractivity contribution is 5.96. The molecule has 230 valence electrons. The maximum atomic E-state index is 14.1. The molecule has 0 aromatic heterocycles. The molecule has 2 saturated heterocycles. The van der Waals surface area contributed by atoms with Crippen LogP contribution in [0.2, 0.25) is 0 Å². The van der Waals surface area contributed by atoms with Crippen molar-refractivity contribution in [2.75, 3.05) is 26.7 Å². The molecule has 0 unspecified atom stereocenters. The maximum absolute atomic E-state index is 14.1. The molecule has 2 aliphatic heterocycles. The van der Waals surface area contributed by atoms with Gasteiger partial charge in [-0.05, 0) is 55.4 Å². The van der Waals surface area contributed by atoms with Crippen LogP contribution in [0.4, 0.5) is 0 Å². The van der Waals surface area contributed by atoms with Crippen LogP contribution in [0.25, 0.3) is 0 Å². The van der Waals surface area contributed by atoms with E-state index in [4.69, 9.17) is 11.5 Å². The molecule has 0 saturated carbocycles. The zero-order valence-electron chi connectivity index (χ0n) is 24.4. The average molecular weight is 593 g/mol. The number of nitrogens with one attached hydrogen (secondary N) is 1. The Morgan fingerprint density at radius 1 is 0.884 bits per heavy atom. The molecule has 2 aromatic rings. The monoisotopic (exact) mass is 592 g/mol. The number of benzene rings is 2. The normalized spacial score (nSPS) is 19.5. The van der Waals surface area contributed by atoms with E-state index in [-0.39, 0.29) is 42.9 Å². The van der Waals surface area contributed by atoms with Crippen molar-refractivity contribution < 1.29 is 29.1 Å². The maximum Gasteiger partial charge on any atom is 0.246 e. The van der Waals surface area contributed by atoms with Crippen LogP contribution in [0.15, 0.2) is 54.6 Å². The number of likely N-dealkylation sites (tertiary alicyclic amines) is 2. The van der Waals surface area contributed by atoms with Crippen LogP contribution in [0, 0.1) is 0 Å². The number of rotatable bonds is 11.